The van der Waals surface area contributed by atoms with Crippen LogP contribution in [0.2, 0.25) is 30.7 Å². The van der Waals surface area contributed by atoms with Gasteiger partial charge in [0.15, 0.2) is 0 Å². The summed E-state index contributed by atoms with van der Waals surface area (Å²) in [5.41, 5.74) is 4.35. The second kappa shape index (κ2) is 55.3. The number of nitro benzene ring substituents is 1. The van der Waals surface area contributed by atoms with Crippen LogP contribution in [0.25, 0.3) is 66.1 Å². The summed E-state index contributed by atoms with van der Waals surface area (Å²) in [5, 5.41) is 42.7. The SMILES string of the molecule is C.COc1cc(OC)c(Cl)c(-c2cc(F)c3nc(Cl)ncc3c2)c1Cl.COc1cc(OC)c(Cl)c(-c2cc(F)c3nc(Nc4c(C)cccc4[N+](=O)[O-])ncc3c2)c1Cl.COc1cc(OC)cc(-c2cc(F)c3nc(Cl)ncc3c2)c1.COc1cc(OC)cc(B(O)O)c1.O=S(=O)(Cl)Cl.[Cl][Pd][Cl].[HH].c1ccc(P(c2ccccc2)c2ccccc2)cc1.c1ccc(P(c2ccccc2)c2ccccc2)cc1. The molecule has 22 nitrogen and oxygen atoms in total. The fraction of sp³-hybridized carbons (Fsp3) is 0.100. The van der Waals surface area contributed by atoms with Crippen molar-refractivity contribution in [3.05, 3.63) is 367 Å². The van der Waals surface area contributed by atoms with Crippen molar-refractivity contribution in [2.24, 2.45) is 0 Å². The summed E-state index contributed by atoms with van der Waals surface area (Å²) in [4.78, 5) is 34.8. The van der Waals surface area contributed by atoms with Gasteiger partial charge in [-0.2, -0.15) is 8.42 Å². The number of hydrogen-bond acceptors (Lipinski definition) is 21. The smallest absolute Gasteiger partial charge is 0 e. The molecule has 0 atom stereocenters. The number of aromatic nitrogens is 6. The molecule has 0 saturated carbocycles. The maximum atomic E-state index is 15.2. The fourth-order valence-corrected chi connectivity index (χ4v) is 19.8. The largest absolute Gasteiger partial charge is 0.0622 e. The van der Waals surface area contributed by atoms with Gasteiger partial charge < -0.3 is 53.3 Å². The van der Waals surface area contributed by atoms with Crippen molar-refractivity contribution < 1.29 is 91.8 Å². The molecule has 0 aliphatic rings. The number of anilines is 2. The van der Waals surface area contributed by atoms with Crippen LogP contribution in [0.4, 0.5) is 30.5 Å². The molecule has 14 aromatic carbocycles. The van der Waals surface area contributed by atoms with Gasteiger partial charge in [0, 0.05) is 99.0 Å². The second-order valence-corrected chi connectivity index (χ2v) is 41.0. The third-order valence-corrected chi connectivity index (χ3v) is 26.5. The van der Waals surface area contributed by atoms with Gasteiger partial charge in [-0.1, -0.05) is 248 Å². The zero-order valence-electron chi connectivity index (χ0n) is 74.4. The molecule has 3 N–H and O–H groups in total. The zero-order valence-corrected chi connectivity index (χ0v) is 86.1. The Kier molecular flexibility index (Phi) is 44.4. The minimum absolute atomic E-state index is 0. The molecule has 0 bridgehead atoms. The molecule has 17 aromatic rings. The van der Waals surface area contributed by atoms with E-state index in [9.17, 15) is 18.9 Å². The number of benzene rings is 14. The Hall–Kier alpha value is -11.2. The molecule has 3 heterocycles. The first kappa shape index (κ1) is 112. The van der Waals surface area contributed by atoms with Crippen molar-refractivity contribution in [1.29, 1.82) is 0 Å². The van der Waals surface area contributed by atoms with Crippen LogP contribution in [0, 0.1) is 34.5 Å². The fourth-order valence-electron chi connectivity index (χ4n) is 13.4. The number of methoxy groups -OCH3 is 8. The minimum Gasteiger partial charge on any atom is -0.0622 e. The predicted molar refractivity (Wildman–Crippen MR) is 566 cm³/mol. The molecule has 0 radical (unpaired) electrons. The van der Waals surface area contributed by atoms with E-state index >= 15 is 4.39 Å². The number of para-hydroxylation sites is 1. The Balaban J connectivity index is 0.000000207. The molecule has 0 aliphatic heterocycles. The summed E-state index contributed by atoms with van der Waals surface area (Å²) < 4.78 is 104. The maximum absolute atomic E-state index is 15.2. The first-order valence-corrected chi connectivity index (χ1v) is 52.5. The molecule has 140 heavy (non-hydrogen) atoms. The normalized spacial score (nSPS) is 10.5. The van der Waals surface area contributed by atoms with Crippen LogP contribution in [0.3, 0.4) is 0 Å². The van der Waals surface area contributed by atoms with Crippen LogP contribution in [-0.4, -0.2) is 117 Å². The van der Waals surface area contributed by atoms with E-state index in [1.54, 1.807) is 81.8 Å². The molecular formula is C100H86BCl10F3N8O14P2PdS. The number of aryl methyl sites for hydroxylation is 1. The molecule has 0 fully saturated rings. The monoisotopic (exact) mass is 2240 g/mol. The Labute approximate surface area is 866 Å². The summed E-state index contributed by atoms with van der Waals surface area (Å²) in [7, 11) is 24.0. The van der Waals surface area contributed by atoms with Gasteiger partial charge in [0.1, 0.15) is 85.7 Å². The third kappa shape index (κ3) is 31.2. The molecule has 0 spiro atoms. The van der Waals surface area contributed by atoms with Crippen LogP contribution in [0.5, 0.6) is 46.0 Å². The van der Waals surface area contributed by atoms with Gasteiger partial charge in [-0.3, -0.25) is 10.1 Å². The van der Waals surface area contributed by atoms with Crippen molar-refractivity contribution >= 4 is 229 Å². The van der Waals surface area contributed by atoms with E-state index < -0.39 is 53.6 Å². The third-order valence-electron chi connectivity index (χ3n) is 19.7. The van der Waals surface area contributed by atoms with Crippen molar-refractivity contribution in [2.45, 2.75) is 14.4 Å². The van der Waals surface area contributed by atoms with Crippen LogP contribution in [0.1, 0.15) is 14.4 Å². The molecular weight excluding hydrogens is 2160 g/mol. The number of halogens is 13. The average Bonchev–Trinajstić information content (AvgIpc) is 0.770. The standard InChI is InChI=1S/C23H17Cl2FN4O4.2C18H15P.C16H10Cl3FN2O2.C16H12ClFN2O2.C8H11BO4.CH4.Cl2O2S.2ClH.Pd.H2/c1-11-5-4-6-15(30(31)32)21(11)28-23-27-10-13-7-12(8-14(26)22(13)29-23)18-19(24)16(33-2)9-17(34-3)20(18)25;2*1-4-10-16(11-5-1)19(17-12-6-2-7-13-17)18-14-8-3-9-15-18;1-23-10-5-11(24-2)14(18)12(13(10)17)7-3-8-6-21-16(19)22-15(8)9(20)4-7;1-21-12-4-10(5-13(7-12)22-2)9-3-11-8-19-16(17)20-15(11)14(18)6-9;1-12-7-3-6(9(10)11)4-8(5-7)13-2;;1-5(2,3)4;;;;/h4-10H,1-3H3,(H,27,28,29);2*1-15H;3-6H,1-2H3;3-8H,1-2H3;3-5,10-11H,1-2H3;1H4;;2*1H;;1H/q;;;;;;;;;;+2;/p-2. The number of ether oxygens (including phenoxy) is 8. The van der Waals surface area contributed by atoms with E-state index in [0.29, 0.717) is 101 Å². The number of fused-ring (bicyclic) bond motifs is 3. The van der Waals surface area contributed by atoms with E-state index in [-0.39, 0.29) is 89.3 Å². The Morgan fingerprint density at radius 1 is 0.400 bits per heavy atom. The van der Waals surface area contributed by atoms with E-state index in [0.717, 1.165) is 5.56 Å². The first-order valence-electron chi connectivity index (χ1n) is 40.4. The molecule has 17 rings (SSSR count). The van der Waals surface area contributed by atoms with Crippen molar-refractivity contribution in [3.8, 4) is 79.4 Å². The van der Waals surface area contributed by atoms with E-state index in [4.69, 9.17) is 145 Å². The summed E-state index contributed by atoms with van der Waals surface area (Å²) in [6.07, 6.45) is 4.33. The van der Waals surface area contributed by atoms with Crippen molar-refractivity contribution in [3.63, 3.8) is 0 Å². The van der Waals surface area contributed by atoms with Crippen molar-refractivity contribution in [2.75, 3.05) is 62.2 Å². The molecule has 0 amide bonds. The van der Waals surface area contributed by atoms with Gasteiger partial charge in [0.2, 0.25) is 16.5 Å². The first-order chi connectivity index (χ1) is 66.8. The molecule has 40 heteroatoms. The summed E-state index contributed by atoms with van der Waals surface area (Å²) >= 11 is 37.0. The number of nitrogens with zero attached hydrogens (tertiary/aromatic N) is 7. The summed E-state index contributed by atoms with van der Waals surface area (Å²) in [6.45, 7) is 1.71. The molecule has 0 unspecified atom stereocenters. The molecule has 730 valence electrons. The molecule has 0 aliphatic carbocycles. The summed E-state index contributed by atoms with van der Waals surface area (Å²) in [6, 6.07) is 91.5. The topological polar surface area (TPSA) is 281 Å². The number of hydrogen-bond donors (Lipinski definition) is 3. The van der Waals surface area contributed by atoms with Gasteiger partial charge >= 0.3 is 50.4 Å². The van der Waals surface area contributed by atoms with Gasteiger partial charge in [-0.05, 0) is 172 Å². The van der Waals surface area contributed by atoms with Crippen LogP contribution in [-0.2, 0) is 24.2 Å². The second-order valence-electron chi connectivity index (χ2n) is 28.3. The Bertz CT molecular complexity index is 6760. The zero-order chi connectivity index (χ0) is 101. The van der Waals surface area contributed by atoms with Gasteiger partial charge in [0.25, 0.3) is 5.69 Å². The van der Waals surface area contributed by atoms with Gasteiger partial charge in [0.05, 0.1) is 81.9 Å². The Morgan fingerprint density at radius 2 is 0.679 bits per heavy atom. The molecule has 3 aromatic heterocycles. The van der Waals surface area contributed by atoms with E-state index in [2.05, 4.69) is 239 Å². The number of rotatable bonds is 21. The Morgan fingerprint density at radius 3 is 0.971 bits per heavy atom. The van der Waals surface area contributed by atoms with E-state index in [1.165, 1.54) is 136 Å². The maximum Gasteiger partial charge on any atom is 0 e. The average molecular weight is 2250 g/mol. The van der Waals surface area contributed by atoms with E-state index in [1.807, 2.05) is 0 Å². The quantitative estimate of drug-likeness (QED) is 0.0150. The van der Waals surface area contributed by atoms with Crippen LogP contribution >= 0.6 is 126 Å². The molecule has 0 saturated heterocycles. The summed E-state index contributed by atoms with van der Waals surface area (Å²) in [5.74, 6) is 1.99. The predicted octanol–water partition coefficient (Wildman–Crippen LogP) is 25.5. The van der Waals surface area contributed by atoms with Crippen LogP contribution in [0.15, 0.2) is 304 Å². The van der Waals surface area contributed by atoms with Gasteiger partial charge in [-0.25, -0.2) is 43.1 Å². The minimum atomic E-state index is -3.72. The van der Waals surface area contributed by atoms with Crippen molar-refractivity contribution in [1.82, 2.24) is 29.9 Å². The van der Waals surface area contributed by atoms with Crippen LogP contribution < -0.4 is 80.5 Å². The van der Waals surface area contributed by atoms with Gasteiger partial charge in [-0.15, -0.1) is 0 Å². The number of nitro groups is 1. The number of nitrogens with one attached hydrogen (secondary N) is 1.